The van der Waals surface area contributed by atoms with E-state index in [2.05, 4.69) is 21.2 Å². The highest BCUT2D eigenvalue weighted by atomic mass is 79.9. The minimum atomic E-state index is -0.414. The standard InChI is InChI=1S/C10H10BrN3O/c11-8-3-1-2-7(6-8)4-5-9(15)14-10(12)13/h1-6H,(H4,12,13,14,15)/b5-4+. The third-order valence-corrected chi connectivity index (χ3v) is 2.03. The Balaban J connectivity index is 2.65. The molecule has 0 heterocycles. The van der Waals surface area contributed by atoms with Crippen molar-refractivity contribution in [1.29, 1.82) is 5.41 Å². The lowest BCUT2D eigenvalue weighted by atomic mass is 10.2. The average Bonchev–Trinajstić information content (AvgIpc) is 2.14. The summed E-state index contributed by atoms with van der Waals surface area (Å²) in [6.07, 6.45) is 2.96. The maximum atomic E-state index is 11.1. The maximum Gasteiger partial charge on any atom is 0.250 e. The van der Waals surface area contributed by atoms with Crippen molar-refractivity contribution in [2.75, 3.05) is 0 Å². The van der Waals surface area contributed by atoms with Gasteiger partial charge in [0.1, 0.15) is 0 Å². The van der Waals surface area contributed by atoms with E-state index in [1.807, 2.05) is 24.3 Å². The number of amides is 1. The van der Waals surface area contributed by atoms with E-state index in [-0.39, 0.29) is 5.96 Å². The van der Waals surface area contributed by atoms with E-state index in [0.29, 0.717) is 0 Å². The van der Waals surface area contributed by atoms with Crippen molar-refractivity contribution >= 4 is 33.9 Å². The molecule has 0 saturated carbocycles. The number of nitrogens with two attached hydrogens (primary N) is 1. The third-order valence-electron chi connectivity index (χ3n) is 1.53. The van der Waals surface area contributed by atoms with Crippen LogP contribution >= 0.6 is 15.9 Å². The normalized spacial score (nSPS) is 10.2. The van der Waals surface area contributed by atoms with E-state index in [1.165, 1.54) is 6.08 Å². The van der Waals surface area contributed by atoms with Gasteiger partial charge in [0.15, 0.2) is 5.96 Å². The fraction of sp³-hybridized carbons (Fsp3) is 0. The molecule has 1 amide bonds. The number of hydrogen-bond acceptors (Lipinski definition) is 2. The molecule has 1 aromatic rings. The Morgan fingerprint density at radius 2 is 2.27 bits per heavy atom. The van der Waals surface area contributed by atoms with Crippen molar-refractivity contribution in [1.82, 2.24) is 5.32 Å². The molecule has 4 N–H and O–H groups in total. The third kappa shape index (κ3) is 4.42. The zero-order valence-electron chi connectivity index (χ0n) is 7.83. The van der Waals surface area contributed by atoms with Gasteiger partial charge >= 0.3 is 0 Å². The van der Waals surface area contributed by atoms with Gasteiger partial charge in [0, 0.05) is 10.5 Å². The molecule has 15 heavy (non-hydrogen) atoms. The number of rotatable bonds is 2. The number of halogens is 1. The van der Waals surface area contributed by atoms with Crippen LogP contribution in [-0.2, 0) is 4.79 Å². The van der Waals surface area contributed by atoms with Crippen LogP contribution in [0.3, 0.4) is 0 Å². The Kier molecular flexibility index (Phi) is 4.05. The lowest BCUT2D eigenvalue weighted by Gasteiger charge is -1.97. The molecule has 0 radical (unpaired) electrons. The van der Waals surface area contributed by atoms with Crippen LogP contribution in [0.15, 0.2) is 34.8 Å². The fourth-order valence-corrected chi connectivity index (χ4v) is 1.37. The number of guanidine groups is 1. The molecule has 0 aliphatic carbocycles. The summed E-state index contributed by atoms with van der Waals surface area (Å²) in [5.41, 5.74) is 5.89. The molecule has 0 aliphatic rings. The first-order chi connectivity index (χ1) is 7.08. The Labute approximate surface area is 95.8 Å². The van der Waals surface area contributed by atoms with Gasteiger partial charge in [-0.1, -0.05) is 28.1 Å². The van der Waals surface area contributed by atoms with Gasteiger partial charge in [-0.15, -0.1) is 0 Å². The second-order valence-corrected chi connectivity index (χ2v) is 3.71. The van der Waals surface area contributed by atoms with Crippen molar-refractivity contribution in [3.8, 4) is 0 Å². The van der Waals surface area contributed by atoms with Crippen molar-refractivity contribution in [2.45, 2.75) is 0 Å². The van der Waals surface area contributed by atoms with Crippen LogP contribution in [0, 0.1) is 5.41 Å². The number of hydrogen-bond donors (Lipinski definition) is 3. The predicted octanol–water partition coefficient (Wildman–Crippen LogP) is 1.47. The number of benzene rings is 1. The molecule has 0 fully saturated rings. The number of nitrogens with one attached hydrogen (secondary N) is 2. The summed E-state index contributed by atoms with van der Waals surface area (Å²) in [7, 11) is 0. The van der Waals surface area contributed by atoms with Crippen LogP contribution in [0.2, 0.25) is 0 Å². The molecule has 0 unspecified atom stereocenters. The monoisotopic (exact) mass is 267 g/mol. The molecule has 5 heteroatoms. The first-order valence-electron chi connectivity index (χ1n) is 4.16. The van der Waals surface area contributed by atoms with Crippen molar-refractivity contribution in [2.24, 2.45) is 5.73 Å². The van der Waals surface area contributed by atoms with E-state index in [9.17, 15) is 4.79 Å². The largest absolute Gasteiger partial charge is 0.370 e. The number of carbonyl (C=O) groups excluding carboxylic acids is 1. The molecule has 1 rings (SSSR count). The van der Waals surface area contributed by atoms with E-state index in [1.54, 1.807) is 6.08 Å². The van der Waals surface area contributed by atoms with Gasteiger partial charge in [-0.05, 0) is 23.8 Å². The van der Waals surface area contributed by atoms with E-state index >= 15 is 0 Å². The minimum absolute atomic E-state index is 0.362. The van der Waals surface area contributed by atoms with Crippen LogP contribution in [-0.4, -0.2) is 11.9 Å². The zero-order chi connectivity index (χ0) is 11.3. The topological polar surface area (TPSA) is 79.0 Å². The summed E-state index contributed by atoms with van der Waals surface area (Å²) in [6.45, 7) is 0. The van der Waals surface area contributed by atoms with Crippen LogP contribution < -0.4 is 11.1 Å². The number of carbonyl (C=O) groups is 1. The lowest BCUT2D eigenvalue weighted by molar-refractivity contribution is -0.115. The van der Waals surface area contributed by atoms with Crippen molar-refractivity contribution < 1.29 is 4.79 Å². The first-order valence-corrected chi connectivity index (χ1v) is 4.96. The maximum absolute atomic E-state index is 11.1. The molecule has 0 saturated heterocycles. The van der Waals surface area contributed by atoms with E-state index in [0.717, 1.165) is 10.0 Å². The van der Waals surface area contributed by atoms with E-state index < -0.39 is 5.91 Å². The molecule has 0 bridgehead atoms. The first kappa shape index (κ1) is 11.5. The minimum Gasteiger partial charge on any atom is -0.370 e. The Hall–Kier alpha value is -1.62. The van der Waals surface area contributed by atoms with Gasteiger partial charge < -0.3 is 5.73 Å². The van der Waals surface area contributed by atoms with Gasteiger partial charge in [0.05, 0.1) is 0 Å². The Bertz CT molecular complexity index is 415. The summed E-state index contributed by atoms with van der Waals surface area (Å²) in [5, 5.41) is 9.00. The average molecular weight is 268 g/mol. The summed E-state index contributed by atoms with van der Waals surface area (Å²) in [4.78, 5) is 11.1. The second-order valence-electron chi connectivity index (χ2n) is 2.79. The van der Waals surface area contributed by atoms with Gasteiger partial charge in [0.2, 0.25) is 0 Å². The van der Waals surface area contributed by atoms with Crippen LogP contribution in [0.25, 0.3) is 6.08 Å². The summed E-state index contributed by atoms with van der Waals surface area (Å²) >= 11 is 3.32. The summed E-state index contributed by atoms with van der Waals surface area (Å²) in [5.74, 6) is -0.777. The molecule has 1 aromatic carbocycles. The molecule has 0 spiro atoms. The van der Waals surface area contributed by atoms with Crippen LogP contribution in [0.4, 0.5) is 0 Å². The molecule has 0 aromatic heterocycles. The van der Waals surface area contributed by atoms with E-state index in [4.69, 9.17) is 11.1 Å². The highest BCUT2D eigenvalue weighted by Crippen LogP contribution is 2.12. The smallest absolute Gasteiger partial charge is 0.250 e. The summed E-state index contributed by atoms with van der Waals surface area (Å²) < 4.78 is 0.941. The van der Waals surface area contributed by atoms with Crippen LogP contribution in [0.5, 0.6) is 0 Å². The second kappa shape index (κ2) is 5.31. The van der Waals surface area contributed by atoms with Crippen LogP contribution in [0.1, 0.15) is 5.56 Å². The quantitative estimate of drug-likeness (QED) is 0.431. The van der Waals surface area contributed by atoms with Gasteiger partial charge in [-0.3, -0.25) is 15.5 Å². The molecular weight excluding hydrogens is 258 g/mol. The van der Waals surface area contributed by atoms with Crippen molar-refractivity contribution in [3.63, 3.8) is 0 Å². The lowest BCUT2D eigenvalue weighted by Crippen LogP contribution is -2.34. The highest BCUT2D eigenvalue weighted by molar-refractivity contribution is 9.10. The van der Waals surface area contributed by atoms with Crippen molar-refractivity contribution in [3.05, 3.63) is 40.4 Å². The van der Waals surface area contributed by atoms with Gasteiger partial charge in [0.25, 0.3) is 5.91 Å². The fourth-order valence-electron chi connectivity index (χ4n) is 0.957. The molecule has 0 atom stereocenters. The summed E-state index contributed by atoms with van der Waals surface area (Å²) in [6, 6.07) is 7.50. The predicted molar refractivity (Wildman–Crippen MR) is 63.2 cm³/mol. The Morgan fingerprint density at radius 3 is 2.87 bits per heavy atom. The molecular formula is C10H10BrN3O. The van der Waals surface area contributed by atoms with Gasteiger partial charge in [-0.25, -0.2) is 0 Å². The Morgan fingerprint density at radius 1 is 1.53 bits per heavy atom. The molecule has 78 valence electrons. The molecule has 4 nitrogen and oxygen atoms in total. The molecule has 0 aliphatic heterocycles. The highest BCUT2D eigenvalue weighted by Gasteiger charge is 1.95. The zero-order valence-corrected chi connectivity index (χ0v) is 9.41. The SMILES string of the molecule is N=C(N)NC(=O)/C=C/c1cccc(Br)c1. The van der Waals surface area contributed by atoms with Gasteiger partial charge in [-0.2, -0.15) is 0 Å².